The van der Waals surface area contributed by atoms with E-state index in [1.54, 1.807) is 0 Å². The molecule has 3 aliphatic rings. The number of piperidine rings is 1. The Morgan fingerprint density at radius 3 is 1.85 bits per heavy atom. The Hall–Kier alpha value is -2.04. The van der Waals surface area contributed by atoms with Crippen LogP contribution in [-0.4, -0.2) is 35.5 Å². The SMILES string of the molecule is Cl.O=C1NC(c2ccccc2)N(c2ccccc2)C12CCN(C1CCCCCCCCC1)CC2. The van der Waals surface area contributed by atoms with Gasteiger partial charge < -0.3 is 15.1 Å². The van der Waals surface area contributed by atoms with Crippen molar-refractivity contribution in [3.63, 3.8) is 0 Å². The van der Waals surface area contributed by atoms with Gasteiger partial charge in [0.25, 0.3) is 0 Å². The van der Waals surface area contributed by atoms with Gasteiger partial charge in [-0.25, -0.2) is 0 Å². The lowest BCUT2D eigenvalue weighted by atomic mass is 9.84. The number of hydrogen-bond acceptors (Lipinski definition) is 3. The molecule has 1 atom stereocenters. The van der Waals surface area contributed by atoms with Gasteiger partial charge in [-0.15, -0.1) is 12.4 Å². The maximum Gasteiger partial charge on any atom is 0.247 e. The molecule has 1 aliphatic carbocycles. The van der Waals surface area contributed by atoms with Crippen molar-refractivity contribution in [1.82, 2.24) is 10.2 Å². The lowest BCUT2D eigenvalue weighted by Crippen LogP contribution is -2.58. The fourth-order valence-electron chi connectivity index (χ4n) is 6.41. The number of halogens is 1. The molecule has 2 aromatic rings. The summed E-state index contributed by atoms with van der Waals surface area (Å²) in [6.45, 7) is 2.03. The van der Waals surface area contributed by atoms with Crippen LogP contribution in [-0.2, 0) is 4.79 Å². The first-order valence-corrected chi connectivity index (χ1v) is 13.2. The molecule has 2 saturated heterocycles. The molecule has 1 spiro atoms. The number of likely N-dealkylation sites (tertiary alicyclic amines) is 1. The quantitative estimate of drug-likeness (QED) is 0.545. The van der Waals surface area contributed by atoms with Crippen molar-refractivity contribution < 1.29 is 4.79 Å². The Balaban J connectivity index is 0.00000274. The maximum absolute atomic E-state index is 13.6. The van der Waals surface area contributed by atoms with Gasteiger partial charge in [0.2, 0.25) is 5.91 Å². The summed E-state index contributed by atoms with van der Waals surface area (Å²) in [5.74, 6) is 0.200. The van der Waals surface area contributed by atoms with Crippen molar-refractivity contribution in [2.75, 3.05) is 18.0 Å². The lowest BCUT2D eigenvalue weighted by molar-refractivity contribution is -0.125. The van der Waals surface area contributed by atoms with Crippen molar-refractivity contribution in [3.05, 3.63) is 66.2 Å². The van der Waals surface area contributed by atoms with E-state index in [1.165, 1.54) is 57.8 Å². The summed E-state index contributed by atoms with van der Waals surface area (Å²) >= 11 is 0. The monoisotopic (exact) mass is 481 g/mol. The highest BCUT2D eigenvalue weighted by Crippen LogP contribution is 2.44. The number of para-hydroxylation sites is 1. The zero-order valence-electron chi connectivity index (χ0n) is 20.3. The number of amides is 1. The average molecular weight is 482 g/mol. The molecule has 2 aliphatic heterocycles. The van der Waals surface area contributed by atoms with Crippen LogP contribution in [0.5, 0.6) is 0 Å². The van der Waals surface area contributed by atoms with Crippen LogP contribution in [0.1, 0.15) is 82.4 Å². The molecule has 2 aromatic carbocycles. The summed E-state index contributed by atoms with van der Waals surface area (Å²) < 4.78 is 0. The zero-order valence-corrected chi connectivity index (χ0v) is 21.1. The van der Waals surface area contributed by atoms with Crippen LogP contribution < -0.4 is 10.2 Å². The number of nitrogens with one attached hydrogen (secondary N) is 1. The van der Waals surface area contributed by atoms with E-state index in [2.05, 4.69) is 69.7 Å². The highest BCUT2D eigenvalue weighted by atomic mass is 35.5. The first kappa shape index (κ1) is 25.1. The highest BCUT2D eigenvalue weighted by molar-refractivity contribution is 5.94. The van der Waals surface area contributed by atoms with E-state index in [-0.39, 0.29) is 24.5 Å². The summed E-state index contributed by atoms with van der Waals surface area (Å²) in [5.41, 5.74) is 1.83. The normalized spacial score (nSPS) is 24.4. The molecule has 1 N–H and O–H groups in total. The van der Waals surface area contributed by atoms with E-state index in [0.29, 0.717) is 6.04 Å². The van der Waals surface area contributed by atoms with Gasteiger partial charge in [0.05, 0.1) is 0 Å². The number of rotatable bonds is 3. The molecule has 3 fully saturated rings. The molecule has 5 heteroatoms. The van der Waals surface area contributed by atoms with Crippen LogP contribution in [0.3, 0.4) is 0 Å². The van der Waals surface area contributed by atoms with E-state index in [9.17, 15) is 4.79 Å². The molecular formula is C29H40ClN3O. The Morgan fingerprint density at radius 1 is 0.735 bits per heavy atom. The summed E-state index contributed by atoms with van der Waals surface area (Å²) in [4.78, 5) is 18.7. The van der Waals surface area contributed by atoms with Gasteiger partial charge in [-0.3, -0.25) is 4.79 Å². The van der Waals surface area contributed by atoms with E-state index in [0.717, 1.165) is 37.2 Å². The molecule has 0 radical (unpaired) electrons. The van der Waals surface area contributed by atoms with Crippen LogP contribution in [0.25, 0.3) is 0 Å². The van der Waals surface area contributed by atoms with Crippen LogP contribution in [0.2, 0.25) is 0 Å². The zero-order chi connectivity index (χ0) is 22.5. The highest BCUT2D eigenvalue weighted by Gasteiger charge is 2.55. The second-order valence-electron chi connectivity index (χ2n) is 10.3. The smallest absolute Gasteiger partial charge is 0.247 e. The molecule has 1 saturated carbocycles. The van der Waals surface area contributed by atoms with Crippen molar-refractivity contribution in [2.24, 2.45) is 0 Å². The summed E-state index contributed by atoms with van der Waals surface area (Å²) in [5, 5.41) is 3.38. The number of hydrogen-bond donors (Lipinski definition) is 1. The maximum atomic E-state index is 13.6. The van der Waals surface area contributed by atoms with Gasteiger partial charge in [0, 0.05) is 24.8 Å². The van der Waals surface area contributed by atoms with E-state index < -0.39 is 5.54 Å². The molecule has 0 bridgehead atoms. The van der Waals surface area contributed by atoms with Crippen LogP contribution in [0.4, 0.5) is 5.69 Å². The number of carbonyl (C=O) groups excluding carboxylic acids is 1. The number of nitrogens with zero attached hydrogens (tertiary/aromatic N) is 2. The minimum Gasteiger partial charge on any atom is -0.332 e. The molecule has 0 aromatic heterocycles. The van der Waals surface area contributed by atoms with Crippen molar-refractivity contribution in [2.45, 2.75) is 88.4 Å². The Bertz CT molecular complexity index is 888. The number of carbonyl (C=O) groups is 1. The average Bonchev–Trinajstić information content (AvgIpc) is 3.15. The van der Waals surface area contributed by atoms with Crippen LogP contribution in [0, 0.1) is 0 Å². The van der Waals surface area contributed by atoms with E-state index >= 15 is 0 Å². The molecule has 5 rings (SSSR count). The first-order chi connectivity index (χ1) is 16.3. The van der Waals surface area contributed by atoms with E-state index in [4.69, 9.17) is 0 Å². The molecule has 4 nitrogen and oxygen atoms in total. The fraction of sp³-hybridized carbons (Fsp3) is 0.552. The first-order valence-electron chi connectivity index (χ1n) is 13.2. The van der Waals surface area contributed by atoms with Crippen molar-refractivity contribution in [1.29, 1.82) is 0 Å². The Morgan fingerprint density at radius 2 is 1.26 bits per heavy atom. The molecule has 184 valence electrons. The standard InChI is InChI=1S/C29H39N3O.ClH/c33-28-29(20-22-31(23-21-29)25-16-10-4-2-1-3-5-11-17-25)32(26-18-12-7-13-19-26)27(30-28)24-14-8-6-9-15-24;/h6-9,12-15,18-19,25,27H,1-5,10-11,16-17,20-23H2,(H,30,33);1H. The van der Waals surface area contributed by atoms with Gasteiger partial charge in [-0.1, -0.05) is 93.5 Å². The molecule has 2 heterocycles. The predicted molar refractivity (Wildman–Crippen MR) is 142 cm³/mol. The number of benzene rings is 2. The molecule has 1 unspecified atom stereocenters. The third-order valence-corrected chi connectivity index (χ3v) is 8.28. The molecule has 1 amide bonds. The van der Waals surface area contributed by atoms with Gasteiger partial charge >= 0.3 is 0 Å². The Labute approximate surface area is 211 Å². The van der Waals surface area contributed by atoms with Crippen LogP contribution in [0.15, 0.2) is 60.7 Å². The van der Waals surface area contributed by atoms with Gasteiger partial charge in [-0.2, -0.15) is 0 Å². The van der Waals surface area contributed by atoms with Gasteiger partial charge in [0.15, 0.2) is 0 Å². The van der Waals surface area contributed by atoms with Gasteiger partial charge in [0.1, 0.15) is 11.7 Å². The summed E-state index contributed by atoms with van der Waals surface area (Å²) in [7, 11) is 0. The summed E-state index contributed by atoms with van der Waals surface area (Å²) in [6, 6.07) is 21.7. The second-order valence-corrected chi connectivity index (χ2v) is 10.3. The Kier molecular flexibility index (Phi) is 8.55. The van der Waals surface area contributed by atoms with Gasteiger partial charge in [-0.05, 0) is 43.4 Å². The second kappa shape index (κ2) is 11.6. The summed E-state index contributed by atoms with van der Waals surface area (Å²) in [6.07, 6.45) is 14.1. The minimum absolute atomic E-state index is 0. The third-order valence-electron chi connectivity index (χ3n) is 8.28. The molecular weight excluding hydrogens is 442 g/mol. The van der Waals surface area contributed by atoms with Crippen molar-refractivity contribution >= 4 is 24.0 Å². The largest absolute Gasteiger partial charge is 0.332 e. The minimum atomic E-state index is -0.464. The third kappa shape index (κ3) is 5.13. The van der Waals surface area contributed by atoms with Crippen molar-refractivity contribution in [3.8, 4) is 0 Å². The van der Waals surface area contributed by atoms with Crippen LogP contribution >= 0.6 is 12.4 Å². The lowest BCUT2D eigenvalue weighted by Gasteiger charge is -2.47. The predicted octanol–water partition coefficient (Wildman–Crippen LogP) is 6.47. The fourth-order valence-corrected chi connectivity index (χ4v) is 6.41. The topological polar surface area (TPSA) is 35.6 Å². The number of anilines is 1. The molecule has 34 heavy (non-hydrogen) atoms. The van der Waals surface area contributed by atoms with E-state index in [1.807, 2.05) is 6.07 Å².